The molecule has 2 rings (SSSR count). The minimum absolute atomic E-state index is 0.00352. The Morgan fingerprint density at radius 2 is 2.12 bits per heavy atom. The van der Waals surface area contributed by atoms with E-state index in [9.17, 15) is 14.9 Å². The molecule has 0 aliphatic heterocycles. The summed E-state index contributed by atoms with van der Waals surface area (Å²) in [5, 5.41) is 19.9. The molecule has 0 amide bonds. The van der Waals surface area contributed by atoms with Crippen LogP contribution in [0.2, 0.25) is 0 Å². The first-order chi connectivity index (χ1) is 7.49. The first-order valence-corrected chi connectivity index (χ1v) is 4.98. The standard InChI is InChI=1S/C9H5BrN2O4/c10-6-3-5(12(15)16)1-4-2-7(9(13)14)11-8(4)6/h1-3,11H,(H,13,14). The van der Waals surface area contributed by atoms with E-state index in [0.29, 0.717) is 15.4 Å². The predicted octanol–water partition coefficient (Wildman–Crippen LogP) is 2.54. The number of nitro benzene ring substituents is 1. The van der Waals surface area contributed by atoms with E-state index in [0.717, 1.165) is 0 Å². The van der Waals surface area contributed by atoms with Crippen LogP contribution in [0.4, 0.5) is 5.69 Å². The number of rotatable bonds is 2. The lowest BCUT2D eigenvalue weighted by atomic mass is 10.2. The third-order valence-electron chi connectivity index (χ3n) is 2.11. The van der Waals surface area contributed by atoms with Crippen LogP contribution in [0.1, 0.15) is 10.5 Å². The quantitative estimate of drug-likeness (QED) is 0.654. The Morgan fingerprint density at radius 3 is 2.69 bits per heavy atom. The van der Waals surface area contributed by atoms with Crippen molar-refractivity contribution in [3.8, 4) is 0 Å². The van der Waals surface area contributed by atoms with Crippen LogP contribution in [-0.2, 0) is 0 Å². The normalized spacial score (nSPS) is 10.6. The van der Waals surface area contributed by atoms with Crippen LogP contribution in [0.15, 0.2) is 22.7 Å². The Hall–Kier alpha value is -1.89. The summed E-state index contributed by atoms with van der Waals surface area (Å²) < 4.78 is 0.462. The van der Waals surface area contributed by atoms with E-state index in [4.69, 9.17) is 5.11 Å². The zero-order chi connectivity index (χ0) is 11.9. The molecule has 2 aromatic rings. The summed E-state index contributed by atoms with van der Waals surface area (Å²) in [4.78, 5) is 23.4. The molecule has 6 nitrogen and oxygen atoms in total. The summed E-state index contributed by atoms with van der Waals surface area (Å²) >= 11 is 3.15. The van der Waals surface area contributed by atoms with Gasteiger partial charge in [-0.15, -0.1) is 0 Å². The fourth-order valence-corrected chi connectivity index (χ4v) is 1.97. The van der Waals surface area contributed by atoms with E-state index >= 15 is 0 Å². The summed E-state index contributed by atoms with van der Waals surface area (Å²) in [5.41, 5.74) is 0.439. The Morgan fingerprint density at radius 1 is 1.44 bits per heavy atom. The lowest BCUT2D eigenvalue weighted by molar-refractivity contribution is -0.384. The monoisotopic (exact) mass is 284 g/mol. The lowest BCUT2D eigenvalue weighted by Gasteiger charge is -1.95. The number of carboxylic acid groups (broad SMARTS) is 1. The van der Waals surface area contributed by atoms with Gasteiger partial charge in [0.2, 0.25) is 0 Å². The van der Waals surface area contributed by atoms with Gasteiger partial charge in [-0.25, -0.2) is 4.79 Å². The minimum Gasteiger partial charge on any atom is -0.477 e. The second kappa shape index (κ2) is 3.60. The van der Waals surface area contributed by atoms with Crippen LogP contribution >= 0.6 is 15.9 Å². The van der Waals surface area contributed by atoms with E-state index in [1.165, 1.54) is 18.2 Å². The van der Waals surface area contributed by atoms with E-state index in [2.05, 4.69) is 20.9 Å². The first kappa shape index (κ1) is 10.6. The molecule has 1 aromatic carbocycles. The van der Waals surface area contributed by atoms with E-state index in [-0.39, 0.29) is 11.4 Å². The molecule has 0 spiro atoms. The fourth-order valence-electron chi connectivity index (χ4n) is 1.41. The molecule has 16 heavy (non-hydrogen) atoms. The second-order valence-electron chi connectivity index (χ2n) is 3.14. The lowest BCUT2D eigenvalue weighted by Crippen LogP contribution is -1.94. The number of nitrogens with zero attached hydrogens (tertiary/aromatic N) is 1. The number of non-ortho nitro benzene ring substituents is 1. The SMILES string of the molecule is O=C(O)c1cc2cc([N+](=O)[O-])cc(Br)c2[nH]1. The van der Waals surface area contributed by atoms with Gasteiger partial charge in [0.15, 0.2) is 0 Å². The number of hydrogen-bond donors (Lipinski definition) is 2. The van der Waals surface area contributed by atoms with Crippen LogP contribution in [-0.4, -0.2) is 21.0 Å². The van der Waals surface area contributed by atoms with Crippen molar-refractivity contribution < 1.29 is 14.8 Å². The molecule has 0 saturated carbocycles. The number of nitro groups is 1. The molecule has 0 aliphatic rings. The fraction of sp³-hybridized carbons (Fsp3) is 0. The molecule has 0 saturated heterocycles. The highest BCUT2D eigenvalue weighted by Crippen LogP contribution is 2.29. The van der Waals surface area contributed by atoms with Crippen molar-refractivity contribution in [3.05, 3.63) is 38.5 Å². The van der Waals surface area contributed by atoms with E-state index in [1.54, 1.807) is 0 Å². The number of aromatic carboxylic acids is 1. The Balaban J connectivity index is 2.72. The molecule has 0 unspecified atom stereocenters. The molecule has 1 heterocycles. The van der Waals surface area contributed by atoms with Crippen LogP contribution in [0.3, 0.4) is 0 Å². The van der Waals surface area contributed by atoms with Gasteiger partial charge in [0.25, 0.3) is 5.69 Å². The maximum atomic E-state index is 10.7. The number of fused-ring (bicyclic) bond motifs is 1. The molecule has 0 radical (unpaired) electrons. The number of aromatic amines is 1. The summed E-state index contributed by atoms with van der Waals surface area (Å²) in [5.74, 6) is -1.11. The van der Waals surface area contributed by atoms with Gasteiger partial charge in [0.1, 0.15) is 5.69 Å². The van der Waals surface area contributed by atoms with Crippen molar-refractivity contribution in [3.63, 3.8) is 0 Å². The van der Waals surface area contributed by atoms with Gasteiger partial charge in [-0.1, -0.05) is 0 Å². The number of hydrogen-bond acceptors (Lipinski definition) is 3. The predicted molar refractivity (Wildman–Crippen MR) is 59.6 cm³/mol. The maximum absolute atomic E-state index is 10.7. The van der Waals surface area contributed by atoms with Gasteiger partial charge in [0, 0.05) is 22.0 Å². The van der Waals surface area contributed by atoms with Crippen molar-refractivity contribution in [1.29, 1.82) is 0 Å². The van der Waals surface area contributed by atoms with Crippen LogP contribution in [0, 0.1) is 10.1 Å². The van der Waals surface area contributed by atoms with E-state index < -0.39 is 10.9 Å². The molecule has 0 bridgehead atoms. The third kappa shape index (κ3) is 1.65. The number of carboxylic acids is 1. The molecule has 2 N–H and O–H groups in total. The smallest absolute Gasteiger partial charge is 0.352 e. The van der Waals surface area contributed by atoms with Gasteiger partial charge in [-0.05, 0) is 22.0 Å². The highest BCUT2D eigenvalue weighted by molar-refractivity contribution is 9.10. The van der Waals surface area contributed by atoms with Gasteiger partial charge in [-0.3, -0.25) is 10.1 Å². The van der Waals surface area contributed by atoms with Crippen molar-refractivity contribution in [2.75, 3.05) is 0 Å². The number of aromatic nitrogens is 1. The summed E-state index contributed by atoms with van der Waals surface area (Å²) in [6, 6.07) is 4.00. The Bertz CT molecular complexity index is 605. The molecule has 1 aromatic heterocycles. The van der Waals surface area contributed by atoms with Gasteiger partial charge < -0.3 is 10.1 Å². The number of H-pyrrole nitrogens is 1. The Labute approximate surface area is 97.2 Å². The van der Waals surface area contributed by atoms with Crippen molar-refractivity contribution in [1.82, 2.24) is 4.98 Å². The summed E-state index contributed by atoms with van der Waals surface area (Å²) in [7, 11) is 0. The maximum Gasteiger partial charge on any atom is 0.352 e. The van der Waals surface area contributed by atoms with Crippen molar-refractivity contribution >= 4 is 38.5 Å². The highest BCUT2D eigenvalue weighted by atomic mass is 79.9. The van der Waals surface area contributed by atoms with Crippen molar-refractivity contribution in [2.24, 2.45) is 0 Å². The summed E-state index contributed by atoms with van der Waals surface area (Å²) in [6.45, 7) is 0. The zero-order valence-corrected chi connectivity index (χ0v) is 9.32. The van der Waals surface area contributed by atoms with E-state index in [1.807, 2.05) is 0 Å². The van der Waals surface area contributed by atoms with Crippen molar-refractivity contribution in [2.45, 2.75) is 0 Å². The topological polar surface area (TPSA) is 96.2 Å². The number of carbonyl (C=O) groups is 1. The van der Waals surface area contributed by atoms with Gasteiger partial charge in [0.05, 0.1) is 10.4 Å². The zero-order valence-electron chi connectivity index (χ0n) is 7.73. The summed E-state index contributed by atoms with van der Waals surface area (Å²) in [6.07, 6.45) is 0. The van der Waals surface area contributed by atoms with Crippen LogP contribution in [0.25, 0.3) is 10.9 Å². The minimum atomic E-state index is -1.11. The number of nitrogens with one attached hydrogen (secondary N) is 1. The number of benzene rings is 1. The third-order valence-corrected chi connectivity index (χ3v) is 2.73. The number of halogens is 1. The largest absolute Gasteiger partial charge is 0.477 e. The highest BCUT2D eigenvalue weighted by Gasteiger charge is 2.14. The molecule has 0 atom stereocenters. The first-order valence-electron chi connectivity index (χ1n) is 4.19. The molecule has 82 valence electrons. The van der Waals surface area contributed by atoms with Crippen LogP contribution in [0.5, 0.6) is 0 Å². The van der Waals surface area contributed by atoms with Gasteiger partial charge >= 0.3 is 5.97 Å². The molecule has 0 fully saturated rings. The van der Waals surface area contributed by atoms with Crippen LogP contribution < -0.4 is 0 Å². The molecular weight excluding hydrogens is 280 g/mol. The average molecular weight is 285 g/mol. The average Bonchev–Trinajstić information content (AvgIpc) is 2.61. The second-order valence-corrected chi connectivity index (χ2v) is 3.99. The van der Waals surface area contributed by atoms with Gasteiger partial charge in [-0.2, -0.15) is 0 Å². The molecule has 7 heteroatoms. The molecular formula is C9H5BrN2O4. The molecule has 0 aliphatic carbocycles. The Kier molecular flexibility index (Phi) is 2.39.